The van der Waals surface area contributed by atoms with Gasteiger partial charge in [-0.1, -0.05) is 30.7 Å². The number of carboxylic acids is 1. The van der Waals surface area contributed by atoms with Crippen molar-refractivity contribution in [3.05, 3.63) is 95.0 Å². The summed E-state index contributed by atoms with van der Waals surface area (Å²) in [6, 6.07) is 18.6. The summed E-state index contributed by atoms with van der Waals surface area (Å²) in [7, 11) is -8.83. The number of carbonyl (C=O) groups is 2. The van der Waals surface area contributed by atoms with Crippen LogP contribution in [0.2, 0.25) is 0 Å². The summed E-state index contributed by atoms with van der Waals surface area (Å²) in [4.78, 5) is 29.2. The molecule has 6 rings (SSSR count). The van der Waals surface area contributed by atoms with Gasteiger partial charge in [0, 0.05) is 53.4 Å². The minimum absolute atomic E-state index is 0. The second kappa shape index (κ2) is 19.1. The molecule has 2 heterocycles. The van der Waals surface area contributed by atoms with Gasteiger partial charge in [-0.2, -0.15) is 8.42 Å². The molecule has 0 bridgehead atoms. The predicted molar refractivity (Wildman–Crippen MR) is 213 cm³/mol. The molecule has 2 aliphatic rings. The molecule has 8 N–H and O–H groups in total. The van der Waals surface area contributed by atoms with Crippen molar-refractivity contribution in [2.75, 3.05) is 32.4 Å². The first-order valence-corrected chi connectivity index (χ1v) is 21.0. The zero-order valence-corrected chi connectivity index (χ0v) is 35.8. The molecular weight excluding hydrogens is 816 g/mol. The molecule has 59 heavy (non-hydrogen) atoms. The van der Waals surface area contributed by atoms with Gasteiger partial charge in [-0.25, -0.2) is 18.7 Å². The Morgan fingerprint density at radius 2 is 1.63 bits per heavy atom. The van der Waals surface area contributed by atoms with Gasteiger partial charge in [0.2, 0.25) is 0 Å². The number of nitrogens with zero attached hydrogens (tertiary/aromatic N) is 1. The van der Waals surface area contributed by atoms with Gasteiger partial charge in [0.1, 0.15) is 21.6 Å². The number of hydrogen-bond acceptors (Lipinski definition) is 13. The summed E-state index contributed by atoms with van der Waals surface area (Å²) in [5.74, 6) is -2.78. The number of nitrogen functional groups attached to an aromatic ring is 1. The van der Waals surface area contributed by atoms with E-state index < -0.39 is 69.9 Å². The molecule has 4 aromatic rings. The molecule has 306 valence electrons. The summed E-state index contributed by atoms with van der Waals surface area (Å²) >= 11 is 0. The molecule has 0 fully saturated rings. The molecule has 0 spiro atoms. The molecule has 0 unspecified atom stereocenters. The van der Waals surface area contributed by atoms with Crippen LogP contribution in [0.5, 0.6) is 0 Å². The number of rotatable bonds is 18. The van der Waals surface area contributed by atoms with Gasteiger partial charge in [0.05, 0.1) is 16.6 Å². The van der Waals surface area contributed by atoms with Crippen LogP contribution < -0.4 is 56.8 Å². The number of benzene rings is 4. The summed E-state index contributed by atoms with van der Waals surface area (Å²) in [5.41, 5.74) is 8.70. The van der Waals surface area contributed by atoms with Crippen LogP contribution in [0.1, 0.15) is 52.1 Å². The number of nitrogens with two attached hydrogens (primary N) is 1. The average Bonchev–Trinajstić information content (AvgIpc) is 3.52. The Hall–Kier alpha value is -4.67. The second-order valence-electron chi connectivity index (χ2n) is 13.4. The molecule has 0 saturated heterocycles. The number of hydroxylamine groups is 1. The van der Waals surface area contributed by atoms with Crippen molar-refractivity contribution >= 4 is 59.7 Å². The number of unbranched alkanes of at least 4 members (excludes halogenated alkanes) is 2. The van der Waals surface area contributed by atoms with Crippen LogP contribution in [0, 0.1) is 5.41 Å². The molecule has 1 aliphatic carbocycles. The third kappa shape index (κ3) is 10.0. The second-order valence-corrected chi connectivity index (χ2v) is 16.1. The molecule has 20 heteroatoms. The molecule has 1 amide bonds. The smallest absolute Gasteiger partial charge is 0.744 e. The molecular formula is C39H41N6NaO11S2. The first kappa shape index (κ1) is 45.4. The van der Waals surface area contributed by atoms with E-state index in [0.717, 1.165) is 73.7 Å². The van der Waals surface area contributed by atoms with Crippen LogP contribution in [-0.4, -0.2) is 74.2 Å². The van der Waals surface area contributed by atoms with Crippen LogP contribution in [0.3, 0.4) is 0 Å². The molecule has 0 saturated carbocycles. The Kier molecular flexibility index (Phi) is 14.7. The maximum absolute atomic E-state index is 13.2. The van der Waals surface area contributed by atoms with Gasteiger partial charge in [-0.15, -0.1) is 0 Å². The van der Waals surface area contributed by atoms with E-state index in [2.05, 4.69) is 38.9 Å². The number of carbonyl (C=O) groups excluding carboxylic acids is 1. The predicted octanol–water partition coefficient (Wildman–Crippen LogP) is 1.30. The Balaban J connectivity index is 0.00000661. The van der Waals surface area contributed by atoms with Crippen LogP contribution in [0.25, 0.3) is 44.3 Å². The molecule has 0 atom stereocenters. The van der Waals surface area contributed by atoms with Gasteiger partial charge in [-0.3, -0.25) is 19.6 Å². The number of hydrogen-bond donors (Lipinski definition) is 7. The number of anilines is 1. The quantitative estimate of drug-likeness (QED) is 0.0160. The van der Waals surface area contributed by atoms with E-state index in [1.54, 1.807) is 7.05 Å². The number of fused-ring (bicyclic) bond motifs is 3. The molecule has 0 radical (unpaired) electrons. The zero-order valence-electron chi connectivity index (χ0n) is 32.2. The van der Waals surface area contributed by atoms with Crippen molar-refractivity contribution in [1.82, 2.24) is 20.7 Å². The van der Waals surface area contributed by atoms with E-state index in [1.807, 2.05) is 12.1 Å². The standard InChI is InChI=1S/C39H42N6O11S2.Na/c1-42-55-22-25-20-23-8-3-4-9-32(23)45(25)19-7-17-43-16-5-2-6-18-44-38(46)24-10-11-26(29(21-24)39(47)48)33-27-12-14-30(40)36(57(49,50)51)34(27)56-35-28(33)13-15-31(41)37(35)58(52,53)54;/h3-4,8-15,20-21,40,42-43H,2,5-7,16-19,22,41H2,1H3,(H,44,46)(H,47,48)(H,49,50,51)(H,52,53,54);/q;+1/p-1. The number of aryl methyl sites for hydroxylation is 1. The van der Waals surface area contributed by atoms with E-state index in [9.17, 15) is 40.6 Å². The van der Waals surface area contributed by atoms with Crippen LogP contribution in [0.4, 0.5) is 5.69 Å². The maximum Gasteiger partial charge on any atom is 1.00 e. The van der Waals surface area contributed by atoms with Crippen LogP contribution in [-0.2, 0) is 38.2 Å². The molecule has 17 nitrogen and oxygen atoms in total. The van der Waals surface area contributed by atoms with Crippen molar-refractivity contribution < 1.29 is 79.4 Å². The van der Waals surface area contributed by atoms with Crippen molar-refractivity contribution in [2.24, 2.45) is 0 Å². The number of aromatic nitrogens is 1. The fraction of sp³-hybridized carbons (Fsp3) is 0.256. The largest absolute Gasteiger partial charge is 1.00 e. The Labute approximate surface area is 361 Å². The van der Waals surface area contributed by atoms with Gasteiger partial charge in [-0.05, 0) is 91.8 Å². The first-order valence-electron chi connectivity index (χ1n) is 18.1. The van der Waals surface area contributed by atoms with Crippen molar-refractivity contribution in [2.45, 2.75) is 48.6 Å². The van der Waals surface area contributed by atoms with E-state index in [4.69, 9.17) is 20.4 Å². The van der Waals surface area contributed by atoms with E-state index in [1.165, 1.54) is 24.3 Å². The molecule has 1 aliphatic heterocycles. The Morgan fingerprint density at radius 3 is 2.34 bits per heavy atom. The van der Waals surface area contributed by atoms with Crippen molar-refractivity contribution in [3.8, 4) is 22.5 Å². The van der Waals surface area contributed by atoms with Gasteiger partial charge in [0.15, 0.2) is 16.2 Å². The molecule has 3 aromatic carbocycles. The van der Waals surface area contributed by atoms with Gasteiger partial charge < -0.3 is 35.0 Å². The minimum atomic E-state index is -5.38. The number of carboxylic acid groups (broad SMARTS) is 1. The number of aromatic carboxylic acids is 1. The fourth-order valence-corrected chi connectivity index (χ4v) is 8.48. The Bertz CT molecular complexity index is 2790. The number of nitrogens with one attached hydrogen (secondary N) is 4. The summed E-state index contributed by atoms with van der Waals surface area (Å²) in [5, 5.41) is 25.0. The van der Waals surface area contributed by atoms with Gasteiger partial charge >= 0.3 is 35.5 Å². The normalized spacial score (nSPS) is 11.9. The Morgan fingerprint density at radius 1 is 0.915 bits per heavy atom. The van der Waals surface area contributed by atoms with Crippen molar-refractivity contribution in [1.29, 1.82) is 5.41 Å². The third-order valence-corrected chi connectivity index (χ3v) is 11.4. The third-order valence-electron chi connectivity index (χ3n) is 9.60. The van der Waals surface area contributed by atoms with E-state index in [-0.39, 0.29) is 57.2 Å². The summed E-state index contributed by atoms with van der Waals surface area (Å²) in [6.45, 7) is 3.21. The monoisotopic (exact) mass is 856 g/mol. The van der Waals surface area contributed by atoms with Gasteiger partial charge in [0.25, 0.3) is 16.0 Å². The number of para-hydroxylation sites is 1. The molecule has 1 aromatic heterocycles. The SMILES string of the molecule is CNOCc1cc2ccccc2n1CCCNCCCCCNC(=O)c1ccc(-c2c3ccc(=N)c(S(=O)(=O)O)c-3oc3c(S(=O)(=O)[O-])c(N)ccc23)c(C(=O)O)c1.[Na+]. The summed E-state index contributed by atoms with van der Waals surface area (Å²) in [6.07, 6.45) is 3.26. The summed E-state index contributed by atoms with van der Waals surface area (Å²) < 4.78 is 79.8. The average molecular weight is 857 g/mol. The van der Waals surface area contributed by atoms with Crippen LogP contribution in [0.15, 0.2) is 87.0 Å². The topological polar surface area (TPSA) is 279 Å². The zero-order chi connectivity index (χ0) is 41.8. The van der Waals surface area contributed by atoms with E-state index >= 15 is 0 Å². The maximum atomic E-state index is 13.2. The van der Waals surface area contributed by atoms with E-state index in [0.29, 0.717) is 19.6 Å². The fourth-order valence-electron chi connectivity index (χ4n) is 7.01. The minimum Gasteiger partial charge on any atom is -0.744 e. The first-order chi connectivity index (χ1) is 27.6. The number of amides is 1. The van der Waals surface area contributed by atoms with Crippen LogP contribution >= 0.6 is 0 Å². The van der Waals surface area contributed by atoms with Crippen molar-refractivity contribution in [3.63, 3.8) is 0 Å².